The van der Waals surface area contributed by atoms with Crippen molar-refractivity contribution in [2.24, 2.45) is 17.3 Å². The molecule has 1 aromatic heterocycles. The van der Waals surface area contributed by atoms with Crippen molar-refractivity contribution in [1.82, 2.24) is 4.98 Å². The van der Waals surface area contributed by atoms with E-state index < -0.39 is 35.6 Å². The van der Waals surface area contributed by atoms with Gasteiger partial charge in [-0.25, -0.2) is 4.98 Å². The van der Waals surface area contributed by atoms with E-state index >= 15 is 0 Å². The topological polar surface area (TPSA) is 126 Å². The molecule has 2 saturated heterocycles. The molecule has 0 amide bonds. The van der Waals surface area contributed by atoms with Gasteiger partial charge in [0.15, 0.2) is 11.3 Å². The van der Waals surface area contributed by atoms with Crippen molar-refractivity contribution in [2.75, 3.05) is 0 Å². The number of ketones is 1. The fourth-order valence-corrected chi connectivity index (χ4v) is 5.62. The Bertz CT molecular complexity index is 1000. The van der Waals surface area contributed by atoms with Crippen LogP contribution in [0.15, 0.2) is 11.0 Å². The lowest BCUT2D eigenvalue weighted by Crippen LogP contribution is -2.45. The van der Waals surface area contributed by atoms with Gasteiger partial charge in [0.25, 0.3) is 0 Å². The summed E-state index contributed by atoms with van der Waals surface area (Å²) in [4.78, 5) is 41.4. The largest absolute Gasteiger partial charge is 0.458 e. The van der Waals surface area contributed by atoms with E-state index in [1.807, 2.05) is 20.8 Å². The van der Waals surface area contributed by atoms with Gasteiger partial charge in [0.1, 0.15) is 11.9 Å². The van der Waals surface area contributed by atoms with Gasteiger partial charge in [0, 0.05) is 17.7 Å². The van der Waals surface area contributed by atoms with Crippen molar-refractivity contribution in [3.05, 3.63) is 21.7 Å². The van der Waals surface area contributed by atoms with Gasteiger partial charge in [-0.2, -0.15) is 0 Å². The number of thiazole rings is 1. The standard InChI is InChI=1S/C27H39NO7S/c1-15-8-7-9-27(6)21(35-27)11-19(16(2)10-18-14-36-22(13-29)28-18)34-23(31)12-20(30)26(4,5)25(33)17(3)24(15)32/h10,13-15,17,19-21,24,30,32H,7-9,11-12H2,1-6H3/b16-10+/t15-,17+,19-,20-,21-,24-,27+/m0/s1. The second-order valence-corrected chi connectivity index (χ2v) is 12.1. The van der Waals surface area contributed by atoms with E-state index in [2.05, 4.69) is 4.98 Å². The third-order valence-electron chi connectivity index (χ3n) is 7.93. The van der Waals surface area contributed by atoms with Crippen molar-refractivity contribution in [3.63, 3.8) is 0 Å². The molecule has 0 saturated carbocycles. The summed E-state index contributed by atoms with van der Waals surface area (Å²) < 4.78 is 11.9. The predicted molar refractivity (Wildman–Crippen MR) is 137 cm³/mol. The molecule has 2 N–H and O–H groups in total. The molecule has 0 radical (unpaired) electrons. The Morgan fingerprint density at radius 1 is 1.22 bits per heavy atom. The lowest BCUT2D eigenvalue weighted by molar-refractivity contribution is -0.154. The van der Waals surface area contributed by atoms with Gasteiger partial charge in [-0.15, -0.1) is 11.3 Å². The maximum Gasteiger partial charge on any atom is 0.309 e. The Morgan fingerprint density at radius 3 is 2.56 bits per heavy atom. The Morgan fingerprint density at radius 2 is 1.92 bits per heavy atom. The van der Waals surface area contributed by atoms with Crippen molar-refractivity contribution in [1.29, 1.82) is 0 Å². The molecular formula is C27H39NO7S. The monoisotopic (exact) mass is 521 g/mol. The van der Waals surface area contributed by atoms with Crippen LogP contribution in [-0.4, -0.2) is 63.3 Å². The number of fused-ring (bicyclic) bond motifs is 1. The molecule has 9 heteroatoms. The molecule has 0 aromatic carbocycles. The molecule has 0 spiro atoms. The fourth-order valence-electron chi connectivity index (χ4n) is 5.04. The minimum Gasteiger partial charge on any atom is -0.458 e. The van der Waals surface area contributed by atoms with Gasteiger partial charge in [-0.05, 0) is 44.3 Å². The molecule has 2 fully saturated rings. The Labute approximate surface area is 217 Å². The van der Waals surface area contributed by atoms with Crippen LogP contribution in [0.5, 0.6) is 0 Å². The van der Waals surface area contributed by atoms with Crippen LogP contribution in [0.3, 0.4) is 0 Å². The highest BCUT2D eigenvalue weighted by atomic mass is 32.1. The first-order valence-electron chi connectivity index (χ1n) is 12.6. The lowest BCUT2D eigenvalue weighted by Gasteiger charge is -2.34. The molecule has 0 unspecified atom stereocenters. The van der Waals surface area contributed by atoms with Gasteiger partial charge < -0.3 is 19.7 Å². The number of esters is 1. The second-order valence-electron chi connectivity index (χ2n) is 11.2. The van der Waals surface area contributed by atoms with Crippen LogP contribution >= 0.6 is 11.3 Å². The van der Waals surface area contributed by atoms with Crippen LogP contribution in [0.25, 0.3) is 6.08 Å². The number of ether oxygens (including phenoxy) is 2. The van der Waals surface area contributed by atoms with Crippen molar-refractivity contribution in [2.45, 2.75) is 104 Å². The summed E-state index contributed by atoms with van der Waals surface area (Å²) in [5.74, 6) is -1.68. The first-order chi connectivity index (χ1) is 16.8. The number of hydrogen-bond acceptors (Lipinski definition) is 9. The number of aromatic nitrogens is 1. The predicted octanol–water partition coefficient (Wildman–Crippen LogP) is 3.98. The average molecular weight is 522 g/mol. The van der Waals surface area contributed by atoms with E-state index in [-0.39, 0.29) is 29.8 Å². The van der Waals surface area contributed by atoms with Crippen LogP contribution in [0.2, 0.25) is 0 Å². The van der Waals surface area contributed by atoms with Crippen LogP contribution < -0.4 is 0 Å². The lowest BCUT2D eigenvalue weighted by atomic mass is 9.73. The molecule has 2 aliphatic heterocycles. The zero-order chi connectivity index (χ0) is 26.8. The first-order valence-corrected chi connectivity index (χ1v) is 13.5. The normalized spacial score (nSPS) is 36.6. The fraction of sp³-hybridized carbons (Fsp3) is 0.704. The number of hydrogen-bond donors (Lipinski definition) is 2. The minimum absolute atomic E-state index is 0.0946. The number of epoxide rings is 1. The van der Waals surface area contributed by atoms with Crippen LogP contribution in [-0.2, 0) is 19.1 Å². The number of aliphatic hydroxyl groups is 2. The van der Waals surface area contributed by atoms with Crippen molar-refractivity contribution < 1.29 is 34.1 Å². The molecule has 3 rings (SSSR count). The number of carbonyl (C=O) groups is 3. The second kappa shape index (κ2) is 11.2. The summed E-state index contributed by atoms with van der Waals surface area (Å²) in [6.45, 7) is 10.7. The van der Waals surface area contributed by atoms with E-state index in [0.717, 1.165) is 24.8 Å². The number of carbonyl (C=O) groups excluding carboxylic acids is 3. The Kier molecular flexibility index (Phi) is 8.91. The van der Waals surface area contributed by atoms with Crippen LogP contribution in [0, 0.1) is 17.3 Å². The number of aliphatic hydroxyl groups excluding tert-OH is 2. The van der Waals surface area contributed by atoms with E-state index in [4.69, 9.17) is 9.47 Å². The summed E-state index contributed by atoms with van der Waals surface area (Å²) >= 11 is 1.24. The first kappa shape index (κ1) is 28.6. The highest BCUT2D eigenvalue weighted by Gasteiger charge is 2.53. The molecule has 7 atom stereocenters. The van der Waals surface area contributed by atoms with Crippen LogP contribution in [0.1, 0.15) is 89.1 Å². The maximum absolute atomic E-state index is 13.2. The average Bonchev–Trinajstić information content (AvgIpc) is 3.23. The molecule has 3 heterocycles. The SMILES string of the molecule is C/C(=C\c1csc(C=O)n1)[C@@H]1C[C@@H]2O[C@]2(C)CCC[C@H](C)[C@H](O)[C@@H](C)C(=O)C(C)(C)[C@@H](O)CC(=O)O1. The van der Waals surface area contributed by atoms with Gasteiger partial charge in [0.05, 0.1) is 41.4 Å². The molecule has 1 aromatic rings. The molecule has 2 aliphatic rings. The Hall–Kier alpha value is -1.94. The number of nitrogens with zero attached hydrogens (tertiary/aromatic N) is 1. The van der Waals surface area contributed by atoms with E-state index in [1.165, 1.54) is 11.3 Å². The van der Waals surface area contributed by atoms with E-state index in [0.29, 0.717) is 23.4 Å². The molecular weight excluding hydrogens is 482 g/mol. The van der Waals surface area contributed by atoms with Gasteiger partial charge >= 0.3 is 5.97 Å². The number of Topliss-reactive ketones (excluding diaryl/α,β-unsaturated/α-hetero) is 1. The van der Waals surface area contributed by atoms with E-state index in [1.54, 1.807) is 32.2 Å². The number of rotatable bonds is 3. The zero-order valence-corrected chi connectivity index (χ0v) is 22.8. The summed E-state index contributed by atoms with van der Waals surface area (Å²) in [6, 6.07) is 0. The molecule has 0 aliphatic carbocycles. The minimum atomic E-state index is -1.27. The number of cyclic esters (lactones) is 1. The van der Waals surface area contributed by atoms with Crippen molar-refractivity contribution >= 4 is 35.5 Å². The summed E-state index contributed by atoms with van der Waals surface area (Å²) in [5.41, 5.74) is -0.225. The highest BCUT2D eigenvalue weighted by molar-refractivity contribution is 7.11. The highest BCUT2D eigenvalue weighted by Crippen LogP contribution is 2.45. The quantitative estimate of drug-likeness (QED) is 0.347. The van der Waals surface area contributed by atoms with Gasteiger partial charge in [-0.1, -0.05) is 34.1 Å². The third kappa shape index (κ3) is 6.49. The summed E-state index contributed by atoms with van der Waals surface area (Å²) in [5, 5.41) is 23.8. The number of aldehydes is 1. The van der Waals surface area contributed by atoms with E-state index in [9.17, 15) is 24.6 Å². The zero-order valence-electron chi connectivity index (χ0n) is 22.0. The van der Waals surface area contributed by atoms with Gasteiger partial charge in [0.2, 0.25) is 0 Å². The molecule has 0 bridgehead atoms. The van der Waals surface area contributed by atoms with Crippen LogP contribution in [0.4, 0.5) is 0 Å². The Balaban J connectivity index is 1.86. The molecule has 200 valence electrons. The molecule has 36 heavy (non-hydrogen) atoms. The van der Waals surface area contributed by atoms with Crippen molar-refractivity contribution in [3.8, 4) is 0 Å². The summed E-state index contributed by atoms with van der Waals surface area (Å²) in [7, 11) is 0. The van der Waals surface area contributed by atoms with Gasteiger partial charge in [-0.3, -0.25) is 14.4 Å². The summed E-state index contributed by atoms with van der Waals surface area (Å²) in [6.07, 6.45) is 2.12. The third-order valence-corrected chi connectivity index (χ3v) is 8.72. The smallest absolute Gasteiger partial charge is 0.309 e. The molecule has 8 nitrogen and oxygen atoms in total. The maximum atomic E-state index is 13.2.